The molecule has 0 spiro atoms. The number of rotatable bonds is 3. The minimum absolute atomic E-state index is 0.0941. The molecular formula is C8H13ClO4. The highest BCUT2D eigenvalue weighted by Crippen LogP contribution is 2.27. The van der Waals surface area contributed by atoms with Gasteiger partial charge in [-0.15, -0.1) is 11.6 Å². The van der Waals surface area contributed by atoms with Gasteiger partial charge in [0, 0.05) is 0 Å². The first kappa shape index (κ1) is 10.8. The maximum atomic E-state index is 11.0. The van der Waals surface area contributed by atoms with E-state index in [0.717, 1.165) is 0 Å². The Bertz CT molecular complexity index is 197. The molecule has 0 radical (unpaired) electrons. The van der Waals surface area contributed by atoms with E-state index in [1.807, 2.05) is 0 Å². The summed E-state index contributed by atoms with van der Waals surface area (Å²) in [5, 5.41) is 0. The van der Waals surface area contributed by atoms with Crippen LogP contribution < -0.4 is 0 Å². The maximum Gasteiger partial charge on any atom is 0.310 e. The number of carbonyl (C=O) groups is 1. The van der Waals surface area contributed by atoms with Gasteiger partial charge in [-0.1, -0.05) is 0 Å². The molecule has 1 fully saturated rings. The van der Waals surface area contributed by atoms with Crippen LogP contribution in [0.4, 0.5) is 0 Å². The number of hydrogen-bond donors (Lipinski definition) is 0. The summed E-state index contributed by atoms with van der Waals surface area (Å²) in [5.74, 6) is -0.846. The second kappa shape index (κ2) is 4.26. The summed E-state index contributed by atoms with van der Waals surface area (Å²) in [6, 6.07) is 0. The number of esters is 1. The SMILES string of the molecule is COC(=O)CC1(C)OCC(CCl)O1. The van der Waals surface area contributed by atoms with Crippen molar-refractivity contribution in [2.24, 2.45) is 0 Å². The van der Waals surface area contributed by atoms with Crippen molar-refractivity contribution in [1.29, 1.82) is 0 Å². The first-order chi connectivity index (χ1) is 6.09. The summed E-state index contributed by atoms with van der Waals surface area (Å²) in [4.78, 5) is 11.0. The number of methoxy groups -OCH3 is 1. The van der Waals surface area contributed by atoms with Crippen LogP contribution in [0, 0.1) is 0 Å². The maximum absolute atomic E-state index is 11.0. The topological polar surface area (TPSA) is 44.8 Å². The van der Waals surface area contributed by atoms with Crippen molar-refractivity contribution in [3.8, 4) is 0 Å². The Morgan fingerprint density at radius 1 is 1.77 bits per heavy atom. The van der Waals surface area contributed by atoms with Gasteiger partial charge < -0.3 is 14.2 Å². The molecule has 0 saturated carbocycles. The van der Waals surface area contributed by atoms with E-state index in [-0.39, 0.29) is 18.5 Å². The average Bonchev–Trinajstić information content (AvgIpc) is 2.47. The van der Waals surface area contributed by atoms with Gasteiger partial charge in [-0.3, -0.25) is 4.79 Å². The molecular weight excluding hydrogens is 196 g/mol. The molecule has 0 amide bonds. The van der Waals surface area contributed by atoms with E-state index < -0.39 is 5.79 Å². The number of carbonyl (C=O) groups excluding carboxylic acids is 1. The molecule has 0 N–H and O–H groups in total. The van der Waals surface area contributed by atoms with Crippen LogP contribution in [0.2, 0.25) is 0 Å². The lowest BCUT2D eigenvalue weighted by Crippen LogP contribution is -2.30. The van der Waals surface area contributed by atoms with Crippen LogP contribution in [0.15, 0.2) is 0 Å². The molecule has 0 aliphatic carbocycles. The molecule has 13 heavy (non-hydrogen) atoms. The summed E-state index contributed by atoms with van der Waals surface area (Å²) in [6.45, 7) is 2.13. The van der Waals surface area contributed by atoms with Crippen molar-refractivity contribution in [2.75, 3.05) is 19.6 Å². The third-order valence-electron chi connectivity index (χ3n) is 1.86. The van der Waals surface area contributed by atoms with Crippen molar-refractivity contribution in [2.45, 2.75) is 25.2 Å². The summed E-state index contributed by atoms with van der Waals surface area (Å²) in [6.07, 6.45) is -0.0343. The predicted octanol–water partition coefficient (Wildman–Crippen LogP) is 0.920. The number of alkyl halides is 1. The largest absolute Gasteiger partial charge is 0.469 e. The second-order valence-corrected chi connectivity index (χ2v) is 3.40. The van der Waals surface area contributed by atoms with Crippen LogP contribution in [0.1, 0.15) is 13.3 Å². The second-order valence-electron chi connectivity index (χ2n) is 3.09. The average molecular weight is 209 g/mol. The molecule has 2 unspecified atom stereocenters. The Morgan fingerprint density at radius 2 is 2.46 bits per heavy atom. The number of hydrogen-bond acceptors (Lipinski definition) is 4. The molecule has 1 rings (SSSR count). The van der Waals surface area contributed by atoms with E-state index in [1.54, 1.807) is 6.92 Å². The van der Waals surface area contributed by atoms with Crippen LogP contribution in [0.5, 0.6) is 0 Å². The third kappa shape index (κ3) is 2.83. The molecule has 0 bridgehead atoms. The van der Waals surface area contributed by atoms with Gasteiger partial charge in [0.25, 0.3) is 0 Å². The van der Waals surface area contributed by atoms with Crippen LogP contribution in [-0.2, 0) is 19.0 Å². The Balaban J connectivity index is 2.44. The first-order valence-electron chi connectivity index (χ1n) is 4.04. The Morgan fingerprint density at radius 3 is 2.92 bits per heavy atom. The molecule has 0 aromatic carbocycles. The fourth-order valence-corrected chi connectivity index (χ4v) is 1.35. The van der Waals surface area contributed by atoms with Gasteiger partial charge in [-0.25, -0.2) is 0 Å². The van der Waals surface area contributed by atoms with E-state index in [2.05, 4.69) is 4.74 Å². The van der Waals surface area contributed by atoms with Crippen LogP contribution in [0.3, 0.4) is 0 Å². The third-order valence-corrected chi connectivity index (χ3v) is 2.20. The minimum atomic E-state index is -0.868. The summed E-state index contributed by atoms with van der Waals surface area (Å²) in [5.41, 5.74) is 0. The quantitative estimate of drug-likeness (QED) is 0.511. The number of ether oxygens (including phenoxy) is 3. The van der Waals surface area contributed by atoms with Crippen molar-refractivity contribution in [3.05, 3.63) is 0 Å². The number of halogens is 1. The van der Waals surface area contributed by atoms with Crippen molar-refractivity contribution in [3.63, 3.8) is 0 Å². The highest BCUT2D eigenvalue weighted by atomic mass is 35.5. The van der Waals surface area contributed by atoms with Gasteiger partial charge in [0.05, 0.1) is 32.1 Å². The zero-order valence-electron chi connectivity index (χ0n) is 7.71. The Hall–Kier alpha value is -0.320. The summed E-state index contributed by atoms with van der Waals surface area (Å²) < 4.78 is 15.2. The fourth-order valence-electron chi connectivity index (χ4n) is 1.19. The normalized spacial score (nSPS) is 33.3. The highest BCUT2D eigenvalue weighted by Gasteiger charge is 2.39. The lowest BCUT2D eigenvalue weighted by molar-refractivity contribution is -0.177. The van der Waals surface area contributed by atoms with Gasteiger partial charge >= 0.3 is 5.97 Å². The van der Waals surface area contributed by atoms with Crippen molar-refractivity contribution < 1.29 is 19.0 Å². The first-order valence-corrected chi connectivity index (χ1v) is 4.57. The Labute approximate surface area is 82.1 Å². The zero-order valence-corrected chi connectivity index (χ0v) is 8.47. The van der Waals surface area contributed by atoms with Crippen LogP contribution in [0.25, 0.3) is 0 Å². The van der Waals surface area contributed by atoms with Gasteiger partial charge in [0.15, 0.2) is 5.79 Å². The highest BCUT2D eigenvalue weighted by molar-refractivity contribution is 6.18. The van der Waals surface area contributed by atoms with Crippen LogP contribution in [-0.4, -0.2) is 37.5 Å². The Kier molecular flexibility index (Phi) is 3.53. The lowest BCUT2D eigenvalue weighted by Gasteiger charge is -2.21. The standard InChI is InChI=1S/C8H13ClO4/c1-8(3-7(10)11-2)12-5-6(4-9)13-8/h6H,3-5H2,1-2H3. The molecule has 1 heterocycles. The van der Waals surface area contributed by atoms with E-state index in [9.17, 15) is 4.79 Å². The van der Waals surface area contributed by atoms with E-state index in [4.69, 9.17) is 21.1 Å². The molecule has 5 heteroatoms. The van der Waals surface area contributed by atoms with Gasteiger partial charge in [0.2, 0.25) is 0 Å². The summed E-state index contributed by atoms with van der Waals surface area (Å²) >= 11 is 5.58. The molecule has 1 aliphatic rings. The minimum Gasteiger partial charge on any atom is -0.469 e. The lowest BCUT2D eigenvalue weighted by atomic mass is 10.2. The summed E-state index contributed by atoms with van der Waals surface area (Å²) in [7, 11) is 1.33. The molecule has 0 aromatic heterocycles. The van der Waals surface area contributed by atoms with Crippen LogP contribution >= 0.6 is 11.6 Å². The molecule has 2 atom stereocenters. The van der Waals surface area contributed by atoms with Gasteiger partial charge in [0.1, 0.15) is 0 Å². The van der Waals surface area contributed by atoms with Gasteiger partial charge in [-0.05, 0) is 6.92 Å². The molecule has 4 nitrogen and oxygen atoms in total. The van der Waals surface area contributed by atoms with Crippen molar-refractivity contribution >= 4 is 17.6 Å². The molecule has 0 aromatic rings. The molecule has 76 valence electrons. The molecule has 1 saturated heterocycles. The van der Waals surface area contributed by atoms with Gasteiger partial charge in [-0.2, -0.15) is 0 Å². The predicted molar refractivity (Wildman–Crippen MR) is 46.6 cm³/mol. The fraction of sp³-hybridized carbons (Fsp3) is 0.875. The van der Waals surface area contributed by atoms with E-state index in [0.29, 0.717) is 12.5 Å². The van der Waals surface area contributed by atoms with Crippen molar-refractivity contribution in [1.82, 2.24) is 0 Å². The zero-order chi connectivity index (χ0) is 9.90. The van der Waals surface area contributed by atoms with E-state index >= 15 is 0 Å². The molecule has 1 aliphatic heterocycles. The smallest absolute Gasteiger partial charge is 0.310 e. The van der Waals surface area contributed by atoms with E-state index in [1.165, 1.54) is 7.11 Å². The monoisotopic (exact) mass is 208 g/mol.